The second-order valence-corrected chi connectivity index (χ2v) is 6.91. The normalized spacial score (nSPS) is 22.3. The summed E-state index contributed by atoms with van der Waals surface area (Å²) in [5, 5.41) is 16.9. The number of amides is 1. The molecule has 8 nitrogen and oxygen atoms in total. The van der Waals surface area contributed by atoms with Crippen molar-refractivity contribution in [2.75, 3.05) is 24.5 Å². The van der Waals surface area contributed by atoms with Gasteiger partial charge in [0, 0.05) is 17.1 Å². The first kappa shape index (κ1) is 16.7. The Morgan fingerprint density at radius 1 is 1.35 bits per heavy atom. The van der Waals surface area contributed by atoms with Crippen LogP contribution in [0.4, 0.5) is 10.6 Å². The third kappa shape index (κ3) is 2.86. The van der Waals surface area contributed by atoms with Crippen LogP contribution in [0.3, 0.4) is 0 Å². The van der Waals surface area contributed by atoms with Gasteiger partial charge in [0.2, 0.25) is 0 Å². The average molecular weight is 378 g/mol. The van der Waals surface area contributed by atoms with Gasteiger partial charge in [-0.25, -0.2) is 9.59 Å². The molecule has 2 aromatic rings. The summed E-state index contributed by atoms with van der Waals surface area (Å²) in [5.41, 5.74) is -0.0994. The Bertz CT molecular complexity index is 866. The van der Waals surface area contributed by atoms with Crippen LogP contribution < -0.4 is 10.2 Å². The number of hydrogen-bond donors (Lipinski definition) is 2. The van der Waals surface area contributed by atoms with Crippen molar-refractivity contribution >= 4 is 29.5 Å². The van der Waals surface area contributed by atoms with Gasteiger partial charge in [0.15, 0.2) is 17.1 Å². The maximum absolute atomic E-state index is 11.9. The Balaban J connectivity index is 1.69. The van der Waals surface area contributed by atoms with E-state index >= 15 is 0 Å². The van der Waals surface area contributed by atoms with E-state index in [1.165, 1.54) is 0 Å². The number of nitrogens with zero attached hydrogens (tertiary/aromatic N) is 2. The summed E-state index contributed by atoms with van der Waals surface area (Å²) >= 11 is 5.89. The second-order valence-electron chi connectivity index (χ2n) is 6.47. The van der Waals surface area contributed by atoms with Gasteiger partial charge in [0.05, 0.1) is 13.1 Å². The highest BCUT2D eigenvalue weighted by Gasteiger charge is 2.45. The van der Waals surface area contributed by atoms with Crippen molar-refractivity contribution in [3.63, 3.8) is 0 Å². The number of carbonyl (C=O) groups is 2. The van der Waals surface area contributed by atoms with E-state index in [0.29, 0.717) is 36.6 Å². The summed E-state index contributed by atoms with van der Waals surface area (Å²) in [6, 6.07) is 6.67. The van der Waals surface area contributed by atoms with Crippen LogP contribution >= 0.6 is 11.6 Å². The molecule has 2 fully saturated rings. The summed E-state index contributed by atoms with van der Waals surface area (Å²) in [5.74, 6) is -0.720. The van der Waals surface area contributed by atoms with Crippen LogP contribution in [0.5, 0.6) is 0 Å². The third-order valence-corrected chi connectivity index (χ3v) is 4.95. The number of anilines is 1. The minimum atomic E-state index is -1.13. The molecular weight excluding hydrogens is 362 g/mol. The van der Waals surface area contributed by atoms with Crippen LogP contribution in [0.25, 0.3) is 11.3 Å². The number of aromatic nitrogens is 1. The maximum Gasteiger partial charge on any atom is 0.407 e. The zero-order chi connectivity index (χ0) is 18.3. The molecule has 1 spiro atoms. The zero-order valence-electron chi connectivity index (χ0n) is 13.7. The van der Waals surface area contributed by atoms with Crippen molar-refractivity contribution < 1.29 is 24.0 Å². The molecule has 2 aliphatic heterocycles. The average Bonchev–Trinajstić information content (AvgIpc) is 3.20. The molecule has 2 N–H and O–H groups in total. The van der Waals surface area contributed by atoms with Gasteiger partial charge in [-0.1, -0.05) is 16.8 Å². The fraction of sp³-hybridized carbons (Fsp3) is 0.353. The number of halogens is 1. The fourth-order valence-electron chi connectivity index (χ4n) is 3.50. The molecule has 1 unspecified atom stereocenters. The second kappa shape index (κ2) is 6.21. The molecular formula is C17H16ClN3O5. The zero-order valence-corrected chi connectivity index (χ0v) is 14.5. The summed E-state index contributed by atoms with van der Waals surface area (Å²) in [4.78, 5) is 25.2. The monoisotopic (exact) mass is 377 g/mol. The molecule has 3 heterocycles. The Morgan fingerprint density at radius 2 is 2.12 bits per heavy atom. The lowest BCUT2D eigenvalue weighted by Crippen LogP contribution is -2.51. The van der Waals surface area contributed by atoms with Crippen molar-refractivity contribution in [2.45, 2.75) is 18.4 Å². The number of piperidine rings is 1. The minimum absolute atomic E-state index is 0.0124. The van der Waals surface area contributed by atoms with Crippen LogP contribution in [0.2, 0.25) is 5.02 Å². The van der Waals surface area contributed by atoms with Gasteiger partial charge in [-0.3, -0.25) is 0 Å². The quantitative estimate of drug-likeness (QED) is 0.847. The Labute approximate surface area is 153 Å². The number of aromatic carboxylic acids is 1. The van der Waals surface area contributed by atoms with Crippen LogP contribution in [0, 0.1) is 0 Å². The third-order valence-electron chi connectivity index (χ3n) is 4.70. The van der Waals surface area contributed by atoms with E-state index in [-0.39, 0.29) is 17.1 Å². The topological polar surface area (TPSA) is 105 Å². The van der Waals surface area contributed by atoms with Gasteiger partial charge in [0.25, 0.3) is 0 Å². The largest absolute Gasteiger partial charge is 0.477 e. The van der Waals surface area contributed by atoms with E-state index in [1.54, 1.807) is 29.2 Å². The smallest absolute Gasteiger partial charge is 0.407 e. The molecule has 0 aliphatic carbocycles. The standard InChI is InChI=1S/C17H16ClN3O5/c18-11-4-2-10(3-5-11)13-12(15(22)23)14(20-26-13)21-7-1-6-17(9-21)8-19-16(24)25-17/h2-5H,1,6-9H2,(H,19,24)(H,22,23). The van der Waals surface area contributed by atoms with Crippen LogP contribution in [-0.2, 0) is 4.74 Å². The Morgan fingerprint density at radius 3 is 2.77 bits per heavy atom. The Kier molecular flexibility index (Phi) is 3.99. The molecule has 0 radical (unpaired) electrons. The number of rotatable bonds is 3. The van der Waals surface area contributed by atoms with Crippen molar-refractivity contribution in [1.29, 1.82) is 0 Å². The predicted octanol–water partition coefficient (Wildman–Crippen LogP) is 2.77. The lowest BCUT2D eigenvalue weighted by molar-refractivity contribution is 0.0441. The first-order valence-electron chi connectivity index (χ1n) is 8.18. The van der Waals surface area contributed by atoms with Crippen LogP contribution in [0.15, 0.2) is 28.8 Å². The molecule has 9 heteroatoms. The summed E-state index contributed by atoms with van der Waals surface area (Å²) in [6.07, 6.45) is 1.01. The minimum Gasteiger partial charge on any atom is -0.477 e. The van der Waals surface area contributed by atoms with Crippen molar-refractivity contribution in [3.8, 4) is 11.3 Å². The number of ether oxygens (including phenoxy) is 1. The van der Waals surface area contributed by atoms with Crippen LogP contribution in [0.1, 0.15) is 23.2 Å². The SMILES string of the molecule is O=C1NCC2(CCCN(c3noc(-c4ccc(Cl)cc4)c3C(=O)O)C2)O1. The van der Waals surface area contributed by atoms with E-state index in [0.717, 1.165) is 6.42 Å². The molecule has 1 amide bonds. The summed E-state index contributed by atoms with van der Waals surface area (Å²) < 4.78 is 10.8. The lowest BCUT2D eigenvalue weighted by atomic mass is 9.92. The maximum atomic E-state index is 11.9. The molecule has 0 saturated carbocycles. The van der Waals surface area contributed by atoms with Gasteiger partial charge in [-0.2, -0.15) is 0 Å². The number of carboxylic acids is 1. The van der Waals surface area contributed by atoms with Crippen molar-refractivity contribution in [2.24, 2.45) is 0 Å². The summed E-state index contributed by atoms with van der Waals surface area (Å²) in [6.45, 7) is 1.36. The number of carbonyl (C=O) groups excluding carboxylic acids is 1. The van der Waals surface area contributed by atoms with E-state index < -0.39 is 17.7 Å². The molecule has 0 bridgehead atoms. The number of nitrogens with one attached hydrogen (secondary N) is 1. The first-order chi connectivity index (χ1) is 12.5. The fourth-order valence-corrected chi connectivity index (χ4v) is 3.62. The highest BCUT2D eigenvalue weighted by atomic mass is 35.5. The highest BCUT2D eigenvalue weighted by molar-refractivity contribution is 6.30. The van der Waals surface area contributed by atoms with Gasteiger partial charge in [0.1, 0.15) is 5.60 Å². The van der Waals surface area contributed by atoms with E-state index in [2.05, 4.69) is 10.5 Å². The van der Waals surface area contributed by atoms with Gasteiger partial charge in [-0.15, -0.1) is 0 Å². The molecule has 1 atom stereocenters. The molecule has 4 rings (SSSR count). The molecule has 1 aromatic heterocycles. The number of hydrogen-bond acceptors (Lipinski definition) is 6. The Hall–Kier alpha value is -2.74. The van der Waals surface area contributed by atoms with Gasteiger partial charge in [-0.05, 0) is 37.1 Å². The summed E-state index contributed by atoms with van der Waals surface area (Å²) in [7, 11) is 0. The van der Waals surface area contributed by atoms with E-state index in [9.17, 15) is 14.7 Å². The number of benzene rings is 1. The van der Waals surface area contributed by atoms with Gasteiger partial charge >= 0.3 is 12.1 Å². The van der Waals surface area contributed by atoms with Crippen LogP contribution in [-0.4, -0.2) is 47.6 Å². The molecule has 2 saturated heterocycles. The van der Waals surface area contributed by atoms with Crippen molar-refractivity contribution in [3.05, 3.63) is 34.9 Å². The highest BCUT2D eigenvalue weighted by Crippen LogP contribution is 2.36. The molecule has 2 aliphatic rings. The van der Waals surface area contributed by atoms with E-state index in [1.807, 2.05) is 0 Å². The molecule has 26 heavy (non-hydrogen) atoms. The molecule has 136 valence electrons. The molecule has 1 aromatic carbocycles. The lowest BCUT2D eigenvalue weighted by Gasteiger charge is -2.38. The van der Waals surface area contributed by atoms with E-state index in [4.69, 9.17) is 20.9 Å². The number of carboxylic acid groups (broad SMARTS) is 1. The first-order valence-corrected chi connectivity index (χ1v) is 8.56. The van der Waals surface area contributed by atoms with Crippen molar-refractivity contribution in [1.82, 2.24) is 10.5 Å². The predicted molar refractivity (Wildman–Crippen MR) is 92.6 cm³/mol. The number of alkyl carbamates (subject to hydrolysis) is 1. The van der Waals surface area contributed by atoms with Gasteiger partial charge < -0.3 is 24.6 Å².